The van der Waals surface area contributed by atoms with Crippen LogP contribution in [0.1, 0.15) is 32.1 Å². The van der Waals surface area contributed by atoms with Gasteiger partial charge in [-0.25, -0.2) is 4.68 Å². The fraction of sp³-hybridized carbons (Fsp3) is 0.600. The van der Waals surface area contributed by atoms with Crippen molar-refractivity contribution >= 4 is 22.4 Å². The minimum Gasteiger partial charge on any atom is -0.298 e. The number of nitrogens with one attached hydrogen (secondary N) is 1. The first-order valence-corrected chi connectivity index (χ1v) is 7.00. The van der Waals surface area contributed by atoms with E-state index >= 15 is 0 Å². The highest BCUT2D eigenvalue weighted by molar-refractivity contribution is 7.13. The third-order valence-corrected chi connectivity index (χ3v) is 4.08. The van der Waals surface area contributed by atoms with Gasteiger partial charge in [-0.2, -0.15) is 0 Å². The summed E-state index contributed by atoms with van der Waals surface area (Å²) < 4.78 is 1.57. The summed E-state index contributed by atoms with van der Waals surface area (Å²) in [7, 11) is 0. The summed E-state index contributed by atoms with van der Waals surface area (Å²) in [6.07, 6.45) is 6.10. The van der Waals surface area contributed by atoms with Crippen LogP contribution in [0.3, 0.4) is 0 Å². The number of rotatable bonds is 3. The second kappa shape index (κ2) is 5.00. The molecule has 0 aliphatic heterocycles. The van der Waals surface area contributed by atoms with Crippen molar-refractivity contribution in [1.82, 2.24) is 30.4 Å². The molecule has 0 bridgehead atoms. The minimum absolute atomic E-state index is 0.115. The van der Waals surface area contributed by atoms with E-state index in [1.54, 1.807) is 10.2 Å². The first-order valence-electron chi connectivity index (χ1n) is 6.12. The molecule has 2 heterocycles. The molecule has 100 valence electrons. The van der Waals surface area contributed by atoms with E-state index in [1.807, 2.05) is 0 Å². The Morgan fingerprint density at radius 2 is 2.16 bits per heavy atom. The first kappa shape index (κ1) is 12.2. The van der Waals surface area contributed by atoms with Crippen LogP contribution < -0.4 is 5.32 Å². The molecule has 8 nitrogen and oxygen atoms in total. The Morgan fingerprint density at radius 3 is 2.79 bits per heavy atom. The Bertz CT molecular complexity index is 532. The molecule has 0 saturated heterocycles. The van der Waals surface area contributed by atoms with E-state index in [2.05, 4.69) is 31.0 Å². The molecule has 19 heavy (non-hydrogen) atoms. The van der Waals surface area contributed by atoms with Gasteiger partial charge in [0.25, 0.3) is 5.91 Å². The minimum atomic E-state index is -0.701. The van der Waals surface area contributed by atoms with E-state index in [1.165, 1.54) is 17.7 Å². The van der Waals surface area contributed by atoms with Gasteiger partial charge in [0.1, 0.15) is 17.4 Å². The lowest BCUT2D eigenvalue weighted by Crippen LogP contribution is -2.47. The number of aromatic nitrogens is 6. The molecule has 1 fully saturated rings. The maximum absolute atomic E-state index is 12.6. The van der Waals surface area contributed by atoms with E-state index in [0.29, 0.717) is 5.13 Å². The van der Waals surface area contributed by atoms with Gasteiger partial charge in [-0.05, 0) is 23.3 Å². The summed E-state index contributed by atoms with van der Waals surface area (Å²) in [5, 5.41) is 22.1. The third kappa shape index (κ3) is 2.21. The predicted octanol–water partition coefficient (Wildman–Crippen LogP) is 0.823. The molecular formula is C10H13N7OS. The zero-order valence-corrected chi connectivity index (χ0v) is 11.0. The summed E-state index contributed by atoms with van der Waals surface area (Å²) in [5.74, 6) is -0.115. The summed E-state index contributed by atoms with van der Waals surface area (Å²) in [6.45, 7) is 0. The summed E-state index contributed by atoms with van der Waals surface area (Å²) in [6, 6.07) is 0. The Hall–Kier alpha value is -1.90. The molecular weight excluding hydrogens is 266 g/mol. The molecule has 0 aromatic carbocycles. The summed E-state index contributed by atoms with van der Waals surface area (Å²) in [5.41, 5.74) is 0.883. The van der Waals surface area contributed by atoms with E-state index < -0.39 is 5.54 Å². The lowest BCUT2D eigenvalue weighted by molar-refractivity contribution is -0.126. The van der Waals surface area contributed by atoms with E-state index in [4.69, 9.17) is 0 Å². The smallest absolute Gasteiger partial charge is 0.254 e. The molecule has 0 spiro atoms. The van der Waals surface area contributed by atoms with Gasteiger partial charge in [-0.15, -0.1) is 15.3 Å². The average Bonchev–Trinajstić information content (AvgIpc) is 3.12. The molecule has 3 rings (SSSR count). The van der Waals surface area contributed by atoms with Crippen LogP contribution in [-0.2, 0) is 10.3 Å². The Labute approximate surface area is 113 Å². The normalized spacial score (nSPS) is 18.1. The van der Waals surface area contributed by atoms with E-state index in [0.717, 1.165) is 32.1 Å². The van der Waals surface area contributed by atoms with E-state index in [9.17, 15) is 4.79 Å². The zero-order chi connectivity index (χ0) is 13.1. The molecule has 1 amide bonds. The fourth-order valence-electron chi connectivity index (χ4n) is 2.50. The molecule has 0 unspecified atom stereocenters. The van der Waals surface area contributed by atoms with Crippen LogP contribution in [0.25, 0.3) is 0 Å². The van der Waals surface area contributed by atoms with Gasteiger partial charge in [0.05, 0.1) is 0 Å². The lowest BCUT2D eigenvalue weighted by Gasteiger charge is -2.34. The van der Waals surface area contributed by atoms with Crippen molar-refractivity contribution in [3.05, 3.63) is 11.8 Å². The molecule has 1 aliphatic carbocycles. The topological polar surface area (TPSA) is 98.5 Å². The number of tetrazole rings is 1. The zero-order valence-electron chi connectivity index (χ0n) is 10.2. The van der Waals surface area contributed by atoms with Crippen LogP contribution in [-0.4, -0.2) is 36.3 Å². The SMILES string of the molecule is O=C(Nc1nncs1)C1(n2cnnn2)CCCCC1. The number of amides is 1. The Balaban J connectivity index is 1.88. The van der Waals surface area contributed by atoms with E-state index in [-0.39, 0.29) is 5.91 Å². The summed E-state index contributed by atoms with van der Waals surface area (Å²) in [4.78, 5) is 12.6. The van der Waals surface area contributed by atoms with Crippen molar-refractivity contribution in [1.29, 1.82) is 0 Å². The monoisotopic (exact) mass is 279 g/mol. The Kier molecular flexibility index (Phi) is 3.20. The number of anilines is 1. The predicted molar refractivity (Wildman–Crippen MR) is 67.4 cm³/mol. The van der Waals surface area contributed by atoms with Crippen molar-refractivity contribution in [2.45, 2.75) is 37.6 Å². The molecule has 0 atom stereocenters. The second-order valence-corrected chi connectivity index (χ2v) is 5.38. The molecule has 2 aromatic heterocycles. The van der Waals surface area contributed by atoms with Gasteiger partial charge >= 0.3 is 0 Å². The van der Waals surface area contributed by atoms with Gasteiger partial charge in [0, 0.05) is 0 Å². The van der Waals surface area contributed by atoms with Crippen LogP contribution in [0.5, 0.6) is 0 Å². The van der Waals surface area contributed by atoms with Crippen molar-refractivity contribution < 1.29 is 4.79 Å². The van der Waals surface area contributed by atoms with Crippen LogP contribution >= 0.6 is 11.3 Å². The highest BCUT2D eigenvalue weighted by atomic mass is 32.1. The van der Waals surface area contributed by atoms with Crippen LogP contribution in [0.15, 0.2) is 11.8 Å². The molecule has 2 aromatic rings. The van der Waals surface area contributed by atoms with Crippen molar-refractivity contribution in [2.75, 3.05) is 5.32 Å². The van der Waals surface area contributed by atoms with Gasteiger partial charge in [-0.3, -0.25) is 10.1 Å². The van der Waals surface area contributed by atoms with Crippen LogP contribution in [0.2, 0.25) is 0 Å². The van der Waals surface area contributed by atoms with Gasteiger partial charge in [-0.1, -0.05) is 30.6 Å². The van der Waals surface area contributed by atoms with Gasteiger partial charge < -0.3 is 0 Å². The second-order valence-electron chi connectivity index (χ2n) is 4.54. The number of hydrogen-bond donors (Lipinski definition) is 1. The standard InChI is InChI=1S/C10H13N7OS/c18-8(13-9-14-12-7-19-9)10(4-2-1-3-5-10)17-6-11-15-16-17/h6-7H,1-5H2,(H,13,14,18). The molecule has 0 radical (unpaired) electrons. The summed E-state index contributed by atoms with van der Waals surface area (Å²) >= 11 is 1.30. The largest absolute Gasteiger partial charge is 0.298 e. The van der Waals surface area contributed by atoms with Crippen molar-refractivity contribution in [3.63, 3.8) is 0 Å². The lowest BCUT2D eigenvalue weighted by atomic mass is 9.81. The quantitative estimate of drug-likeness (QED) is 0.893. The molecule has 1 aliphatic rings. The van der Waals surface area contributed by atoms with Crippen molar-refractivity contribution in [3.8, 4) is 0 Å². The van der Waals surface area contributed by atoms with Crippen LogP contribution in [0, 0.1) is 0 Å². The Morgan fingerprint density at radius 1 is 1.32 bits per heavy atom. The fourth-order valence-corrected chi connectivity index (χ4v) is 2.94. The highest BCUT2D eigenvalue weighted by Gasteiger charge is 2.42. The first-order chi connectivity index (χ1) is 9.31. The highest BCUT2D eigenvalue weighted by Crippen LogP contribution is 2.35. The van der Waals surface area contributed by atoms with Gasteiger partial charge in [0.15, 0.2) is 0 Å². The van der Waals surface area contributed by atoms with Crippen LogP contribution in [0.4, 0.5) is 5.13 Å². The maximum Gasteiger partial charge on any atom is 0.254 e. The number of nitrogens with zero attached hydrogens (tertiary/aromatic N) is 6. The third-order valence-electron chi connectivity index (χ3n) is 3.47. The number of carbonyl (C=O) groups is 1. The average molecular weight is 279 g/mol. The molecule has 1 N–H and O–H groups in total. The number of carbonyl (C=O) groups excluding carboxylic acids is 1. The maximum atomic E-state index is 12.6. The molecule has 9 heteroatoms. The number of hydrogen-bond acceptors (Lipinski definition) is 7. The molecule has 1 saturated carbocycles. The van der Waals surface area contributed by atoms with Gasteiger partial charge in [0.2, 0.25) is 5.13 Å². The van der Waals surface area contributed by atoms with Crippen molar-refractivity contribution in [2.24, 2.45) is 0 Å².